The highest BCUT2D eigenvalue weighted by molar-refractivity contribution is 7.19. The molecule has 0 saturated heterocycles. The van der Waals surface area contributed by atoms with Crippen LogP contribution < -0.4 is 21.1 Å². The van der Waals surface area contributed by atoms with Crippen molar-refractivity contribution in [3.63, 3.8) is 0 Å². The summed E-state index contributed by atoms with van der Waals surface area (Å²) in [5, 5.41) is 13.9. The first-order valence-corrected chi connectivity index (χ1v) is 8.88. The third-order valence-electron chi connectivity index (χ3n) is 3.79. The quantitative estimate of drug-likeness (QED) is 0.291. The molecule has 0 aliphatic rings. The number of nitrogens with zero attached hydrogens (tertiary/aromatic N) is 3. The fourth-order valence-electron chi connectivity index (χ4n) is 2.38. The van der Waals surface area contributed by atoms with E-state index in [0.717, 1.165) is 16.5 Å². The number of thiophene rings is 1. The van der Waals surface area contributed by atoms with E-state index in [2.05, 4.69) is 5.10 Å². The van der Waals surface area contributed by atoms with Gasteiger partial charge in [0.25, 0.3) is 5.92 Å². The van der Waals surface area contributed by atoms with Crippen LogP contribution in [0.2, 0.25) is 0 Å². The van der Waals surface area contributed by atoms with E-state index in [1.54, 1.807) is 12.1 Å². The fraction of sp³-hybridized carbons (Fsp3) is 0.412. The lowest BCUT2D eigenvalue weighted by molar-refractivity contribution is -0.00750. The number of nitriles is 1. The Labute approximate surface area is 159 Å². The Bertz CT molecular complexity index is 822. The van der Waals surface area contributed by atoms with E-state index in [1.165, 1.54) is 20.3 Å². The minimum atomic E-state index is -3.07. The Morgan fingerprint density at radius 3 is 2.59 bits per heavy atom. The lowest BCUT2D eigenvalue weighted by Crippen LogP contribution is -2.30. The van der Waals surface area contributed by atoms with Crippen LogP contribution in [0.3, 0.4) is 0 Å². The summed E-state index contributed by atoms with van der Waals surface area (Å²) in [6.07, 6.45) is -0.470. The molecule has 0 radical (unpaired) electrons. The molecular formula is C17H21F2N5O2S. The third-order valence-corrected chi connectivity index (χ3v) is 5.00. The van der Waals surface area contributed by atoms with Crippen molar-refractivity contribution >= 4 is 27.3 Å². The maximum atomic E-state index is 14.6. The summed E-state index contributed by atoms with van der Waals surface area (Å²) in [7, 11) is 2.98. The van der Waals surface area contributed by atoms with Gasteiger partial charge in [0.2, 0.25) is 0 Å². The van der Waals surface area contributed by atoms with Crippen molar-refractivity contribution in [1.82, 2.24) is 5.12 Å². The van der Waals surface area contributed by atoms with Gasteiger partial charge in [-0.05, 0) is 17.5 Å². The number of rotatable bonds is 9. The lowest BCUT2D eigenvalue weighted by atomic mass is 10.1. The summed E-state index contributed by atoms with van der Waals surface area (Å²) in [4.78, 5) is -0.0744. The van der Waals surface area contributed by atoms with E-state index in [0.29, 0.717) is 21.6 Å². The average molecular weight is 397 g/mol. The maximum Gasteiger partial charge on any atom is 0.282 e. The van der Waals surface area contributed by atoms with E-state index in [-0.39, 0.29) is 30.1 Å². The van der Waals surface area contributed by atoms with Crippen LogP contribution in [0.15, 0.2) is 23.3 Å². The number of hydrazine groups is 1. The summed E-state index contributed by atoms with van der Waals surface area (Å²) in [5.41, 5.74) is 5.66. The number of hydrogen-bond donors (Lipinski definition) is 2. The molecule has 2 rings (SSSR count). The highest BCUT2D eigenvalue weighted by Gasteiger charge is 2.33. The van der Waals surface area contributed by atoms with Gasteiger partial charge in [-0.15, -0.1) is 16.4 Å². The van der Waals surface area contributed by atoms with E-state index in [4.69, 9.17) is 26.3 Å². The van der Waals surface area contributed by atoms with Gasteiger partial charge in [-0.2, -0.15) is 5.26 Å². The number of nitrogens with two attached hydrogens (primary N) is 2. The molecule has 27 heavy (non-hydrogen) atoms. The molecule has 0 saturated carbocycles. The molecule has 1 heterocycles. The van der Waals surface area contributed by atoms with Crippen molar-refractivity contribution in [2.75, 3.05) is 20.8 Å². The summed E-state index contributed by atoms with van der Waals surface area (Å²) in [6, 6.07) is 6.70. The first-order valence-electron chi connectivity index (χ1n) is 8.06. The van der Waals surface area contributed by atoms with E-state index in [1.807, 2.05) is 6.07 Å². The second-order valence-corrected chi connectivity index (χ2v) is 6.81. The highest BCUT2D eigenvalue weighted by atomic mass is 32.1. The van der Waals surface area contributed by atoms with Crippen LogP contribution in [-0.2, 0) is 5.92 Å². The number of ether oxygens (including phenoxy) is 2. The third kappa shape index (κ3) is 5.18. The van der Waals surface area contributed by atoms with Crippen molar-refractivity contribution in [3.8, 4) is 17.6 Å². The zero-order valence-corrected chi connectivity index (χ0v) is 15.9. The number of methoxy groups -OCH3 is 2. The smallest absolute Gasteiger partial charge is 0.282 e. The topological polar surface area (TPSA) is 110 Å². The summed E-state index contributed by atoms with van der Waals surface area (Å²) >= 11 is 0.992. The number of halogens is 2. The van der Waals surface area contributed by atoms with Gasteiger partial charge in [0.15, 0.2) is 11.5 Å². The van der Waals surface area contributed by atoms with Crippen molar-refractivity contribution < 1.29 is 18.3 Å². The molecule has 1 aromatic carbocycles. The molecule has 1 aromatic heterocycles. The molecule has 0 bridgehead atoms. The largest absolute Gasteiger partial charge is 0.493 e. The molecular weight excluding hydrogens is 376 g/mol. The molecule has 0 fully saturated rings. The molecule has 4 N–H and O–H groups in total. The maximum absolute atomic E-state index is 14.6. The van der Waals surface area contributed by atoms with Crippen molar-refractivity contribution in [1.29, 1.82) is 5.26 Å². The molecule has 0 spiro atoms. The van der Waals surface area contributed by atoms with Gasteiger partial charge in [-0.3, -0.25) is 0 Å². The molecule has 0 unspecified atom stereocenters. The summed E-state index contributed by atoms with van der Waals surface area (Å²) in [5.74, 6) is 3.40. The van der Waals surface area contributed by atoms with Crippen molar-refractivity contribution in [2.45, 2.75) is 25.2 Å². The Kier molecular flexibility index (Phi) is 6.76. The Morgan fingerprint density at radius 2 is 1.96 bits per heavy atom. The van der Waals surface area contributed by atoms with Gasteiger partial charge in [0, 0.05) is 23.6 Å². The van der Waals surface area contributed by atoms with Gasteiger partial charge in [0.05, 0.1) is 38.1 Å². The molecule has 0 atom stereocenters. The van der Waals surface area contributed by atoms with Crippen LogP contribution in [0.25, 0.3) is 10.1 Å². The number of hydrogen-bond acceptors (Lipinski definition) is 7. The first-order chi connectivity index (χ1) is 12.8. The first kappa shape index (κ1) is 20.7. The van der Waals surface area contributed by atoms with Gasteiger partial charge >= 0.3 is 0 Å². The number of fused-ring (bicyclic) bond motifs is 1. The Balaban J connectivity index is 2.14. The van der Waals surface area contributed by atoms with Crippen LogP contribution >= 0.6 is 11.3 Å². The minimum absolute atomic E-state index is 0.0143. The van der Waals surface area contributed by atoms with E-state index in [9.17, 15) is 8.78 Å². The molecule has 7 nitrogen and oxygen atoms in total. The van der Waals surface area contributed by atoms with Gasteiger partial charge < -0.3 is 15.2 Å². The average Bonchev–Trinajstić information content (AvgIpc) is 3.07. The van der Waals surface area contributed by atoms with E-state index >= 15 is 0 Å². The second kappa shape index (κ2) is 8.83. The van der Waals surface area contributed by atoms with Crippen molar-refractivity contribution in [2.24, 2.45) is 16.7 Å². The molecule has 0 amide bonds. The fourth-order valence-corrected chi connectivity index (χ4v) is 3.46. The molecule has 10 heteroatoms. The Hall–Kier alpha value is -2.64. The number of alkyl halides is 2. The van der Waals surface area contributed by atoms with Gasteiger partial charge in [-0.25, -0.2) is 19.7 Å². The monoisotopic (exact) mass is 397 g/mol. The van der Waals surface area contributed by atoms with E-state index < -0.39 is 12.3 Å². The predicted octanol–water partition coefficient (Wildman–Crippen LogP) is 3.15. The number of benzene rings is 1. The summed E-state index contributed by atoms with van der Waals surface area (Å²) in [6.45, 7) is 0.174. The van der Waals surface area contributed by atoms with Crippen LogP contribution in [0, 0.1) is 11.3 Å². The van der Waals surface area contributed by atoms with Crippen LogP contribution in [0.5, 0.6) is 11.5 Å². The predicted molar refractivity (Wildman–Crippen MR) is 101 cm³/mol. The highest BCUT2D eigenvalue weighted by Crippen LogP contribution is 2.43. The molecule has 0 aliphatic carbocycles. The molecule has 2 aromatic rings. The minimum Gasteiger partial charge on any atom is -0.493 e. The molecule has 146 valence electrons. The molecule has 0 aliphatic heterocycles. The zero-order chi connectivity index (χ0) is 20.0. The van der Waals surface area contributed by atoms with Crippen LogP contribution in [0.4, 0.5) is 8.78 Å². The van der Waals surface area contributed by atoms with Crippen LogP contribution in [0.1, 0.15) is 24.1 Å². The summed E-state index contributed by atoms with van der Waals surface area (Å²) < 4.78 is 40.3. The van der Waals surface area contributed by atoms with Crippen LogP contribution in [-0.4, -0.2) is 31.7 Å². The zero-order valence-electron chi connectivity index (χ0n) is 15.0. The van der Waals surface area contributed by atoms with Gasteiger partial charge in [0.1, 0.15) is 5.84 Å². The van der Waals surface area contributed by atoms with Crippen molar-refractivity contribution in [3.05, 3.63) is 23.1 Å². The normalized spacial score (nSPS) is 12.1. The number of amidine groups is 1. The Morgan fingerprint density at radius 1 is 1.30 bits per heavy atom. The van der Waals surface area contributed by atoms with Gasteiger partial charge in [-0.1, -0.05) is 0 Å². The standard InChI is InChI=1S/C17H21F2N5O2S/c1-25-12-8-11-9-15(27-14(11)10-13(12)26-2)17(18,19)5-4-16(21)23-24(22)7-3-6-20/h8-10H,3-5,7,22H2,1-2H3,(H2,21,23). The SMILES string of the molecule is COc1cc2cc(C(F)(F)CC/C(N)=N/N(N)CCC#N)sc2cc1OC. The number of hydrazone groups is 1. The second-order valence-electron chi connectivity index (χ2n) is 5.72. The lowest BCUT2D eigenvalue weighted by Gasteiger charge is -2.15.